The summed E-state index contributed by atoms with van der Waals surface area (Å²) in [5, 5.41) is 6.18. The van der Waals surface area contributed by atoms with Crippen LogP contribution in [0.2, 0.25) is 0 Å². The maximum absolute atomic E-state index is 13.3. The molecule has 7 nitrogen and oxygen atoms in total. The van der Waals surface area contributed by atoms with E-state index in [2.05, 4.69) is 50.2 Å². The molecule has 4 amide bonds. The highest BCUT2D eigenvalue weighted by Crippen LogP contribution is 2.45. The third kappa shape index (κ3) is 5.13. The zero-order valence-electron chi connectivity index (χ0n) is 21.0. The number of nitrogens with zero attached hydrogens (tertiary/aromatic N) is 2. The molecule has 1 spiro atoms. The molecular formula is C25H44N4O3. The van der Waals surface area contributed by atoms with Crippen LogP contribution in [0.3, 0.4) is 0 Å². The number of amides is 4. The Balaban J connectivity index is 1.51. The van der Waals surface area contributed by atoms with E-state index in [1.807, 2.05) is 6.92 Å². The molecule has 2 aliphatic heterocycles. The largest absolute Gasteiger partial charge is 0.353 e. The van der Waals surface area contributed by atoms with Crippen molar-refractivity contribution in [3.05, 3.63) is 0 Å². The van der Waals surface area contributed by atoms with E-state index in [1.165, 1.54) is 4.90 Å². The SMILES string of the molecule is CCC(C)(C)C1CCC2(CC1)NC(=O)N(CN1CCC(C(=O)NC(C)C(C)C)CC1)C2=O. The average Bonchev–Trinajstić information content (AvgIpc) is 2.98. The van der Waals surface area contributed by atoms with E-state index < -0.39 is 5.54 Å². The Kier molecular flexibility index (Phi) is 7.58. The topological polar surface area (TPSA) is 81.8 Å². The first kappa shape index (κ1) is 25.0. The molecule has 1 aliphatic carbocycles. The second-order valence-corrected chi connectivity index (χ2v) is 11.4. The fraction of sp³-hybridized carbons (Fsp3) is 0.880. The third-order valence-corrected chi connectivity index (χ3v) is 8.77. The Hall–Kier alpha value is -1.63. The van der Waals surface area contributed by atoms with Gasteiger partial charge in [-0.1, -0.05) is 41.0 Å². The van der Waals surface area contributed by atoms with Crippen LogP contribution < -0.4 is 10.6 Å². The van der Waals surface area contributed by atoms with Gasteiger partial charge in [-0.25, -0.2) is 9.69 Å². The Labute approximate surface area is 194 Å². The van der Waals surface area contributed by atoms with E-state index in [4.69, 9.17) is 0 Å². The van der Waals surface area contributed by atoms with Crippen LogP contribution in [0, 0.1) is 23.2 Å². The monoisotopic (exact) mass is 448 g/mol. The van der Waals surface area contributed by atoms with Crippen molar-refractivity contribution >= 4 is 17.8 Å². The van der Waals surface area contributed by atoms with Crippen LogP contribution in [0.1, 0.15) is 86.5 Å². The molecule has 2 N–H and O–H groups in total. The van der Waals surface area contributed by atoms with Crippen LogP contribution in [0.15, 0.2) is 0 Å². The van der Waals surface area contributed by atoms with Gasteiger partial charge in [-0.05, 0) is 62.7 Å². The van der Waals surface area contributed by atoms with Gasteiger partial charge in [0.15, 0.2) is 0 Å². The summed E-state index contributed by atoms with van der Waals surface area (Å²) >= 11 is 0. The van der Waals surface area contributed by atoms with Crippen LogP contribution in [0.4, 0.5) is 4.79 Å². The van der Waals surface area contributed by atoms with E-state index in [9.17, 15) is 14.4 Å². The van der Waals surface area contributed by atoms with E-state index in [0.29, 0.717) is 18.5 Å². The molecule has 0 bridgehead atoms. The number of likely N-dealkylation sites (tertiary alicyclic amines) is 1. The molecule has 3 rings (SSSR count). The van der Waals surface area contributed by atoms with Crippen LogP contribution in [0.5, 0.6) is 0 Å². The fourth-order valence-corrected chi connectivity index (χ4v) is 5.37. The lowest BCUT2D eigenvalue weighted by Gasteiger charge is -2.42. The van der Waals surface area contributed by atoms with Gasteiger partial charge in [0.2, 0.25) is 5.91 Å². The number of nitrogens with one attached hydrogen (secondary N) is 2. The van der Waals surface area contributed by atoms with Crippen molar-refractivity contribution in [3.63, 3.8) is 0 Å². The predicted molar refractivity (Wildman–Crippen MR) is 126 cm³/mol. The lowest BCUT2D eigenvalue weighted by atomic mass is 9.65. The molecule has 7 heteroatoms. The maximum Gasteiger partial charge on any atom is 0.326 e. The minimum absolute atomic E-state index is 0.0131. The van der Waals surface area contributed by atoms with Gasteiger partial charge in [0.1, 0.15) is 5.54 Å². The zero-order chi connectivity index (χ0) is 23.7. The predicted octanol–water partition coefficient (Wildman–Crippen LogP) is 3.73. The zero-order valence-corrected chi connectivity index (χ0v) is 21.0. The van der Waals surface area contributed by atoms with Crippen molar-refractivity contribution in [1.29, 1.82) is 0 Å². The van der Waals surface area contributed by atoms with E-state index in [-0.39, 0.29) is 35.2 Å². The molecule has 2 heterocycles. The van der Waals surface area contributed by atoms with Crippen LogP contribution in [-0.4, -0.2) is 59.0 Å². The van der Waals surface area contributed by atoms with Gasteiger partial charge < -0.3 is 10.6 Å². The fourth-order valence-electron chi connectivity index (χ4n) is 5.37. The maximum atomic E-state index is 13.3. The number of carbonyl (C=O) groups excluding carboxylic acids is 3. The molecule has 0 aromatic rings. The second-order valence-electron chi connectivity index (χ2n) is 11.4. The molecule has 0 radical (unpaired) electrons. The standard InChI is InChI=1S/C25H44N4O3/c1-7-24(5,6)20-8-12-25(13-9-20)22(31)29(23(32)27-25)16-28-14-10-19(11-15-28)21(30)26-18(4)17(2)3/h17-20H,7-16H2,1-6H3,(H,26,30)(H,27,32). The summed E-state index contributed by atoms with van der Waals surface area (Å²) in [5.41, 5.74) is -0.431. The summed E-state index contributed by atoms with van der Waals surface area (Å²) in [5.74, 6) is 1.10. The molecule has 3 aliphatic rings. The lowest BCUT2D eigenvalue weighted by molar-refractivity contribution is -0.135. The number of carbonyl (C=O) groups is 3. The molecule has 1 saturated carbocycles. The Morgan fingerprint density at radius 3 is 2.25 bits per heavy atom. The first-order chi connectivity index (χ1) is 15.0. The van der Waals surface area contributed by atoms with Crippen molar-refractivity contribution in [2.75, 3.05) is 19.8 Å². The Morgan fingerprint density at radius 2 is 1.72 bits per heavy atom. The minimum atomic E-state index is -0.706. The van der Waals surface area contributed by atoms with Gasteiger partial charge in [0.25, 0.3) is 5.91 Å². The quantitative estimate of drug-likeness (QED) is 0.582. The van der Waals surface area contributed by atoms with Gasteiger partial charge >= 0.3 is 6.03 Å². The highest BCUT2D eigenvalue weighted by Gasteiger charge is 2.53. The van der Waals surface area contributed by atoms with Crippen LogP contribution in [-0.2, 0) is 9.59 Å². The molecule has 1 unspecified atom stereocenters. The summed E-state index contributed by atoms with van der Waals surface area (Å²) in [7, 11) is 0. The lowest BCUT2D eigenvalue weighted by Crippen LogP contribution is -2.52. The summed E-state index contributed by atoms with van der Waals surface area (Å²) in [6.45, 7) is 14.9. The summed E-state index contributed by atoms with van der Waals surface area (Å²) in [6.07, 6.45) is 6.09. The van der Waals surface area contributed by atoms with Crippen molar-refractivity contribution in [1.82, 2.24) is 20.4 Å². The van der Waals surface area contributed by atoms with Gasteiger partial charge in [0.05, 0.1) is 6.67 Å². The number of hydrogen-bond acceptors (Lipinski definition) is 4. The first-order valence-corrected chi connectivity index (χ1v) is 12.7. The third-order valence-electron chi connectivity index (χ3n) is 8.77. The summed E-state index contributed by atoms with van der Waals surface area (Å²) in [4.78, 5) is 42.1. The summed E-state index contributed by atoms with van der Waals surface area (Å²) < 4.78 is 0. The van der Waals surface area contributed by atoms with Gasteiger partial charge in [-0.2, -0.15) is 0 Å². The normalized spacial score (nSPS) is 29.0. The van der Waals surface area contributed by atoms with Crippen LogP contribution in [0.25, 0.3) is 0 Å². The molecular weight excluding hydrogens is 404 g/mol. The molecule has 0 aromatic heterocycles. The van der Waals surface area contributed by atoms with Crippen molar-refractivity contribution in [2.45, 2.75) is 98.1 Å². The molecule has 3 fully saturated rings. The van der Waals surface area contributed by atoms with E-state index in [0.717, 1.165) is 58.0 Å². The number of piperidine rings is 1. The van der Waals surface area contributed by atoms with Gasteiger partial charge in [-0.3, -0.25) is 14.5 Å². The Morgan fingerprint density at radius 1 is 1.12 bits per heavy atom. The van der Waals surface area contributed by atoms with E-state index >= 15 is 0 Å². The van der Waals surface area contributed by atoms with Crippen LogP contribution >= 0.6 is 0 Å². The number of hydrogen-bond donors (Lipinski definition) is 2. The molecule has 1 atom stereocenters. The van der Waals surface area contributed by atoms with Gasteiger partial charge in [-0.15, -0.1) is 0 Å². The molecule has 0 aromatic carbocycles. The van der Waals surface area contributed by atoms with Crippen molar-refractivity contribution in [3.8, 4) is 0 Å². The second kappa shape index (κ2) is 9.70. The smallest absolute Gasteiger partial charge is 0.326 e. The number of imide groups is 1. The minimum Gasteiger partial charge on any atom is -0.353 e. The molecule has 32 heavy (non-hydrogen) atoms. The average molecular weight is 449 g/mol. The summed E-state index contributed by atoms with van der Waals surface area (Å²) in [6, 6.07) is -0.0885. The van der Waals surface area contributed by atoms with Crippen molar-refractivity contribution in [2.24, 2.45) is 23.2 Å². The highest BCUT2D eigenvalue weighted by molar-refractivity contribution is 6.07. The Bertz CT molecular complexity index is 704. The molecule has 2 saturated heterocycles. The van der Waals surface area contributed by atoms with Crippen molar-refractivity contribution < 1.29 is 14.4 Å². The first-order valence-electron chi connectivity index (χ1n) is 12.7. The number of rotatable bonds is 7. The highest BCUT2D eigenvalue weighted by atomic mass is 16.2. The molecule has 182 valence electrons. The van der Waals surface area contributed by atoms with Gasteiger partial charge in [0, 0.05) is 25.0 Å². The van der Waals surface area contributed by atoms with E-state index in [1.54, 1.807) is 0 Å². The number of urea groups is 1.